The fourth-order valence-corrected chi connectivity index (χ4v) is 2.61. The molecule has 2 heterocycles. The average Bonchev–Trinajstić information content (AvgIpc) is 2.48. The first-order valence-corrected chi connectivity index (χ1v) is 6.97. The Bertz CT molecular complexity index is 415. The summed E-state index contributed by atoms with van der Waals surface area (Å²) in [5, 5.41) is 0. The molecule has 2 aliphatic heterocycles. The molecule has 102 valence electrons. The Morgan fingerprint density at radius 1 is 1.16 bits per heavy atom. The highest BCUT2D eigenvalue weighted by Crippen LogP contribution is 2.25. The summed E-state index contributed by atoms with van der Waals surface area (Å²) >= 11 is 0. The standard InChI is InChI=1S/C16H20O3/c1-2-5-13(6-3-1)11-17-12-14-8-9-15-16(19-14)7-4-10-18-15/h1-7,14-16H,8-12H2/t14-,15-,16-/m0/s1. The van der Waals surface area contributed by atoms with Crippen molar-refractivity contribution in [3.8, 4) is 0 Å². The Labute approximate surface area is 114 Å². The summed E-state index contributed by atoms with van der Waals surface area (Å²) in [6.45, 7) is 2.03. The molecule has 0 N–H and O–H groups in total. The van der Waals surface area contributed by atoms with Crippen LogP contribution in [0.4, 0.5) is 0 Å². The molecule has 0 saturated carbocycles. The second-order valence-corrected chi connectivity index (χ2v) is 5.10. The summed E-state index contributed by atoms with van der Waals surface area (Å²) in [5.41, 5.74) is 1.21. The molecule has 3 heteroatoms. The largest absolute Gasteiger partial charge is 0.374 e. The van der Waals surface area contributed by atoms with Gasteiger partial charge in [0.15, 0.2) is 0 Å². The Morgan fingerprint density at radius 3 is 2.95 bits per heavy atom. The third-order valence-electron chi connectivity index (χ3n) is 3.64. The maximum Gasteiger partial charge on any atom is 0.102 e. The summed E-state index contributed by atoms with van der Waals surface area (Å²) in [6.07, 6.45) is 6.80. The van der Waals surface area contributed by atoms with Gasteiger partial charge < -0.3 is 14.2 Å². The molecule has 0 aromatic heterocycles. The van der Waals surface area contributed by atoms with Gasteiger partial charge in [0.2, 0.25) is 0 Å². The number of hydrogen-bond acceptors (Lipinski definition) is 3. The van der Waals surface area contributed by atoms with Crippen molar-refractivity contribution in [2.75, 3.05) is 13.2 Å². The van der Waals surface area contributed by atoms with E-state index >= 15 is 0 Å². The number of fused-ring (bicyclic) bond motifs is 1. The van der Waals surface area contributed by atoms with Crippen LogP contribution in [-0.2, 0) is 20.8 Å². The molecule has 0 unspecified atom stereocenters. The average molecular weight is 260 g/mol. The highest BCUT2D eigenvalue weighted by molar-refractivity contribution is 5.13. The van der Waals surface area contributed by atoms with E-state index in [1.165, 1.54) is 5.56 Å². The van der Waals surface area contributed by atoms with Crippen molar-refractivity contribution in [3.63, 3.8) is 0 Å². The lowest BCUT2D eigenvalue weighted by molar-refractivity contribution is -0.140. The first-order valence-electron chi connectivity index (χ1n) is 6.97. The zero-order chi connectivity index (χ0) is 12.9. The van der Waals surface area contributed by atoms with Crippen LogP contribution in [0.15, 0.2) is 42.5 Å². The van der Waals surface area contributed by atoms with E-state index in [0.717, 1.165) is 19.4 Å². The second kappa shape index (κ2) is 6.33. The number of ether oxygens (including phenoxy) is 3. The number of rotatable bonds is 4. The third-order valence-corrected chi connectivity index (χ3v) is 3.64. The lowest BCUT2D eigenvalue weighted by atomic mass is 9.99. The van der Waals surface area contributed by atoms with Crippen LogP contribution in [0.25, 0.3) is 0 Å². The van der Waals surface area contributed by atoms with Gasteiger partial charge in [-0.1, -0.05) is 42.5 Å². The molecule has 1 fully saturated rings. The van der Waals surface area contributed by atoms with Crippen LogP contribution < -0.4 is 0 Å². The van der Waals surface area contributed by atoms with Crippen LogP contribution >= 0.6 is 0 Å². The first kappa shape index (κ1) is 12.9. The Hall–Kier alpha value is -1.16. The van der Waals surface area contributed by atoms with Gasteiger partial charge in [0, 0.05) is 0 Å². The van der Waals surface area contributed by atoms with Crippen LogP contribution in [0.1, 0.15) is 18.4 Å². The van der Waals surface area contributed by atoms with Crippen molar-refractivity contribution < 1.29 is 14.2 Å². The first-order chi connectivity index (χ1) is 9.42. The molecule has 0 spiro atoms. The summed E-state index contributed by atoms with van der Waals surface area (Å²) in [5.74, 6) is 0. The third kappa shape index (κ3) is 3.44. The van der Waals surface area contributed by atoms with Gasteiger partial charge in [-0.25, -0.2) is 0 Å². The smallest absolute Gasteiger partial charge is 0.102 e. The summed E-state index contributed by atoms with van der Waals surface area (Å²) in [7, 11) is 0. The van der Waals surface area contributed by atoms with E-state index in [-0.39, 0.29) is 18.3 Å². The molecule has 2 aliphatic rings. The normalized spacial score (nSPS) is 30.0. The molecule has 1 aromatic carbocycles. The quantitative estimate of drug-likeness (QED) is 0.779. The highest BCUT2D eigenvalue weighted by Gasteiger charge is 2.31. The van der Waals surface area contributed by atoms with E-state index in [1.807, 2.05) is 24.3 Å². The van der Waals surface area contributed by atoms with E-state index in [2.05, 4.69) is 18.2 Å². The summed E-state index contributed by atoms with van der Waals surface area (Å²) < 4.78 is 17.4. The molecule has 0 amide bonds. The van der Waals surface area contributed by atoms with Crippen LogP contribution in [0.5, 0.6) is 0 Å². The molecule has 1 aromatic rings. The van der Waals surface area contributed by atoms with Gasteiger partial charge in [-0.05, 0) is 18.4 Å². The molecule has 0 radical (unpaired) electrons. The molecule has 3 atom stereocenters. The van der Waals surface area contributed by atoms with Gasteiger partial charge in [0.1, 0.15) is 6.10 Å². The van der Waals surface area contributed by atoms with Crippen LogP contribution in [0.2, 0.25) is 0 Å². The maximum absolute atomic E-state index is 5.99. The van der Waals surface area contributed by atoms with E-state index in [0.29, 0.717) is 13.2 Å². The zero-order valence-corrected chi connectivity index (χ0v) is 11.0. The maximum atomic E-state index is 5.99. The van der Waals surface area contributed by atoms with Crippen molar-refractivity contribution in [2.24, 2.45) is 0 Å². The molecule has 3 rings (SSSR count). The monoisotopic (exact) mass is 260 g/mol. The van der Waals surface area contributed by atoms with Crippen molar-refractivity contribution in [2.45, 2.75) is 37.8 Å². The molecule has 19 heavy (non-hydrogen) atoms. The fourth-order valence-electron chi connectivity index (χ4n) is 2.61. The summed E-state index contributed by atoms with van der Waals surface area (Å²) in [6, 6.07) is 10.2. The van der Waals surface area contributed by atoms with Gasteiger partial charge in [-0.3, -0.25) is 0 Å². The van der Waals surface area contributed by atoms with E-state index < -0.39 is 0 Å². The van der Waals surface area contributed by atoms with Gasteiger partial charge in [0.05, 0.1) is 32.0 Å². The van der Waals surface area contributed by atoms with E-state index in [4.69, 9.17) is 14.2 Å². The molecule has 3 nitrogen and oxygen atoms in total. The Kier molecular flexibility index (Phi) is 4.28. The van der Waals surface area contributed by atoms with Crippen molar-refractivity contribution in [1.82, 2.24) is 0 Å². The van der Waals surface area contributed by atoms with Crippen LogP contribution in [0, 0.1) is 0 Å². The fraction of sp³-hybridized carbons (Fsp3) is 0.500. The topological polar surface area (TPSA) is 27.7 Å². The SMILES string of the molecule is C1=C[C@@H]2O[C@H](COCc3ccccc3)CC[C@@H]2OC1. The molecular formula is C16H20O3. The van der Waals surface area contributed by atoms with Crippen molar-refractivity contribution in [3.05, 3.63) is 48.0 Å². The number of hydrogen-bond donors (Lipinski definition) is 0. The highest BCUT2D eigenvalue weighted by atomic mass is 16.6. The van der Waals surface area contributed by atoms with Crippen molar-refractivity contribution in [1.29, 1.82) is 0 Å². The van der Waals surface area contributed by atoms with Crippen LogP contribution in [0.3, 0.4) is 0 Å². The molecule has 0 aliphatic carbocycles. The van der Waals surface area contributed by atoms with Gasteiger partial charge in [-0.2, -0.15) is 0 Å². The predicted octanol–water partition coefficient (Wildman–Crippen LogP) is 2.71. The minimum Gasteiger partial charge on any atom is -0.374 e. The van der Waals surface area contributed by atoms with Gasteiger partial charge >= 0.3 is 0 Å². The van der Waals surface area contributed by atoms with Gasteiger partial charge in [-0.15, -0.1) is 0 Å². The molecule has 1 saturated heterocycles. The Balaban J connectivity index is 1.44. The van der Waals surface area contributed by atoms with Crippen molar-refractivity contribution >= 4 is 0 Å². The lowest BCUT2D eigenvalue weighted by Crippen LogP contribution is -2.42. The summed E-state index contributed by atoms with van der Waals surface area (Å²) in [4.78, 5) is 0. The molecular weight excluding hydrogens is 240 g/mol. The van der Waals surface area contributed by atoms with Gasteiger partial charge in [0.25, 0.3) is 0 Å². The number of benzene rings is 1. The lowest BCUT2D eigenvalue weighted by Gasteiger charge is -2.36. The predicted molar refractivity (Wildman–Crippen MR) is 72.9 cm³/mol. The second-order valence-electron chi connectivity index (χ2n) is 5.10. The molecule has 0 bridgehead atoms. The zero-order valence-electron chi connectivity index (χ0n) is 11.0. The minimum absolute atomic E-state index is 0.118. The van der Waals surface area contributed by atoms with E-state index in [9.17, 15) is 0 Å². The van der Waals surface area contributed by atoms with E-state index in [1.54, 1.807) is 0 Å². The Morgan fingerprint density at radius 2 is 2.05 bits per heavy atom. The van der Waals surface area contributed by atoms with Crippen LogP contribution in [-0.4, -0.2) is 31.5 Å². The minimum atomic E-state index is 0.118.